The van der Waals surface area contributed by atoms with Crippen LogP contribution in [0.5, 0.6) is 0 Å². The Balaban J connectivity index is 2.91. The maximum Gasteiger partial charge on any atom is 0.0307 e. The molecular formula is C18H37Cl. The summed E-state index contributed by atoms with van der Waals surface area (Å²) >= 11 is 5.93. The second kappa shape index (κ2) is 16.3. The molecule has 1 atom stereocenters. The standard InChI is InChI=1S/C18H37Cl/c1-3-4-5-6-7-8-9-10-11-12-13-14-15-16-17-18(2)19/h18H,3-17H2,1-2H3. The van der Waals surface area contributed by atoms with E-state index in [1.807, 2.05) is 0 Å². The van der Waals surface area contributed by atoms with Gasteiger partial charge < -0.3 is 0 Å². The van der Waals surface area contributed by atoms with Gasteiger partial charge in [-0.15, -0.1) is 11.6 Å². The van der Waals surface area contributed by atoms with Crippen molar-refractivity contribution in [2.24, 2.45) is 0 Å². The van der Waals surface area contributed by atoms with Gasteiger partial charge >= 0.3 is 0 Å². The Labute approximate surface area is 127 Å². The molecule has 0 rings (SSSR count). The fourth-order valence-corrected chi connectivity index (χ4v) is 2.77. The predicted molar refractivity (Wildman–Crippen MR) is 90.2 cm³/mol. The molecule has 19 heavy (non-hydrogen) atoms. The lowest BCUT2D eigenvalue weighted by Gasteiger charge is -2.04. The summed E-state index contributed by atoms with van der Waals surface area (Å²) in [5.74, 6) is 0. The molecule has 1 unspecified atom stereocenters. The van der Waals surface area contributed by atoms with Gasteiger partial charge in [-0.25, -0.2) is 0 Å². The molecule has 0 nitrogen and oxygen atoms in total. The lowest BCUT2D eigenvalue weighted by atomic mass is 10.0. The van der Waals surface area contributed by atoms with Crippen molar-refractivity contribution in [2.45, 2.75) is 116 Å². The highest BCUT2D eigenvalue weighted by molar-refractivity contribution is 6.20. The summed E-state index contributed by atoms with van der Waals surface area (Å²) in [4.78, 5) is 0. The van der Waals surface area contributed by atoms with Crippen molar-refractivity contribution in [1.82, 2.24) is 0 Å². The van der Waals surface area contributed by atoms with Gasteiger partial charge in [-0.1, -0.05) is 96.8 Å². The number of unbranched alkanes of at least 4 members (excludes halogenated alkanes) is 13. The molecule has 0 bridgehead atoms. The van der Waals surface area contributed by atoms with Crippen LogP contribution in [0.1, 0.15) is 110 Å². The van der Waals surface area contributed by atoms with Crippen LogP contribution in [0, 0.1) is 0 Å². The molecular weight excluding hydrogens is 252 g/mol. The van der Waals surface area contributed by atoms with Gasteiger partial charge in [-0.05, 0) is 13.3 Å². The Morgan fingerprint density at radius 1 is 0.579 bits per heavy atom. The first-order valence-corrected chi connectivity index (χ1v) is 9.35. The van der Waals surface area contributed by atoms with Crippen LogP contribution in [0.15, 0.2) is 0 Å². The summed E-state index contributed by atoms with van der Waals surface area (Å²) in [6.07, 6.45) is 21.3. The number of rotatable bonds is 15. The summed E-state index contributed by atoms with van der Waals surface area (Å²) in [7, 11) is 0. The van der Waals surface area contributed by atoms with Crippen molar-refractivity contribution in [3.63, 3.8) is 0 Å². The first kappa shape index (κ1) is 19.3. The summed E-state index contributed by atoms with van der Waals surface area (Å²) in [5.41, 5.74) is 0. The third-order valence-corrected chi connectivity index (χ3v) is 4.17. The number of halogens is 1. The summed E-state index contributed by atoms with van der Waals surface area (Å²) < 4.78 is 0. The lowest BCUT2D eigenvalue weighted by Crippen LogP contribution is -1.90. The molecule has 0 saturated carbocycles. The maximum absolute atomic E-state index is 5.93. The molecule has 0 aliphatic rings. The second-order valence-electron chi connectivity index (χ2n) is 6.17. The molecule has 116 valence electrons. The zero-order chi connectivity index (χ0) is 14.2. The highest BCUT2D eigenvalue weighted by atomic mass is 35.5. The van der Waals surface area contributed by atoms with Crippen molar-refractivity contribution in [3.8, 4) is 0 Å². The third kappa shape index (κ3) is 18.3. The van der Waals surface area contributed by atoms with Crippen LogP contribution < -0.4 is 0 Å². The molecule has 0 radical (unpaired) electrons. The first-order chi connectivity index (χ1) is 9.27. The molecule has 0 aliphatic carbocycles. The lowest BCUT2D eigenvalue weighted by molar-refractivity contribution is 0.532. The highest BCUT2D eigenvalue weighted by Crippen LogP contribution is 2.14. The highest BCUT2D eigenvalue weighted by Gasteiger charge is 1.96. The zero-order valence-electron chi connectivity index (χ0n) is 13.6. The average Bonchev–Trinajstić information content (AvgIpc) is 2.39. The molecule has 0 amide bonds. The van der Waals surface area contributed by atoms with Crippen LogP contribution in [0.3, 0.4) is 0 Å². The zero-order valence-corrected chi connectivity index (χ0v) is 14.3. The summed E-state index contributed by atoms with van der Waals surface area (Å²) in [5, 5.41) is 0.373. The molecule has 0 heterocycles. The van der Waals surface area contributed by atoms with Crippen LogP contribution in [0.25, 0.3) is 0 Å². The SMILES string of the molecule is CCCCCCCCCCCCCCCCC(C)Cl. The van der Waals surface area contributed by atoms with Crippen molar-refractivity contribution >= 4 is 11.6 Å². The van der Waals surface area contributed by atoms with Gasteiger partial charge in [0.05, 0.1) is 0 Å². The van der Waals surface area contributed by atoms with E-state index in [0.29, 0.717) is 5.38 Å². The first-order valence-electron chi connectivity index (χ1n) is 8.91. The molecule has 0 aromatic rings. The van der Waals surface area contributed by atoms with Crippen LogP contribution in [0.4, 0.5) is 0 Å². The minimum absolute atomic E-state index is 0.373. The number of alkyl halides is 1. The number of hydrogen-bond donors (Lipinski definition) is 0. The summed E-state index contributed by atoms with van der Waals surface area (Å²) in [6.45, 7) is 4.39. The molecule has 1 heteroatoms. The topological polar surface area (TPSA) is 0 Å². The maximum atomic E-state index is 5.93. The van der Waals surface area contributed by atoms with E-state index in [1.54, 1.807) is 0 Å². The van der Waals surface area contributed by atoms with E-state index in [2.05, 4.69) is 13.8 Å². The van der Waals surface area contributed by atoms with Crippen LogP contribution in [-0.4, -0.2) is 5.38 Å². The second-order valence-corrected chi connectivity index (χ2v) is 6.91. The molecule has 0 N–H and O–H groups in total. The van der Waals surface area contributed by atoms with E-state index < -0.39 is 0 Å². The third-order valence-electron chi connectivity index (χ3n) is 3.96. The Morgan fingerprint density at radius 3 is 1.21 bits per heavy atom. The Kier molecular flexibility index (Phi) is 16.6. The van der Waals surface area contributed by atoms with Gasteiger partial charge in [0, 0.05) is 5.38 Å². The Bertz CT molecular complexity index is 154. The molecule has 0 fully saturated rings. The average molecular weight is 289 g/mol. The van der Waals surface area contributed by atoms with E-state index in [4.69, 9.17) is 11.6 Å². The van der Waals surface area contributed by atoms with Crippen molar-refractivity contribution < 1.29 is 0 Å². The van der Waals surface area contributed by atoms with Gasteiger partial charge in [0.15, 0.2) is 0 Å². The molecule has 0 aromatic carbocycles. The van der Waals surface area contributed by atoms with E-state index >= 15 is 0 Å². The Hall–Kier alpha value is 0.290. The summed E-state index contributed by atoms with van der Waals surface area (Å²) in [6, 6.07) is 0. The van der Waals surface area contributed by atoms with Gasteiger partial charge in [-0.2, -0.15) is 0 Å². The predicted octanol–water partition coefficient (Wildman–Crippen LogP) is 7.49. The fraction of sp³-hybridized carbons (Fsp3) is 1.00. The van der Waals surface area contributed by atoms with Gasteiger partial charge in [0.25, 0.3) is 0 Å². The van der Waals surface area contributed by atoms with Gasteiger partial charge in [0.1, 0.15) is 0 Å². The van der Waals surface area contributed by atoms with E-state index in [1.165, 1.54) is 96.3 Å². The molecule has 0 aliphatic heterocycles. The monoisotopic (exact) mass is 288 g/mol. The Morgan fingerprint density at radius 2 is 0.895 bits per heavy atom. The normalized spacial score (nSPS) is 12.8. The molecule has 0 saturated heterocycles. The largest absolute Gasteiger partial charge is 0.123 e. The van der Waals surface area contributed by atoms with Gasteiger partial charge in [-0.3, -0.25) is 0 Å². The van der Waals surface area contributed by atoms with E-state index in [9.17, 15) is 0 Å². The van der Waals surface area contributed by atoms with Crippen molar-refractivity contribution in [3.05, 3.63) is 0 Å². The van der Waals surface area contributed by atoms with E-state index in [-0.39, 0.29) is 0 Å². The van der Waals surface area contributed by atoms with Crippen LogP contribution in [-0.2, 0) is 0 Å². The van der Waals surface area contributed by atoms with Crippen molar-refractivity contribution in [2.75, 3.05) is 0 Å². The smallest absolute Gasteiger partial charge is 0.0307 e. The van der Waals surface area contributed by atoms with Crippen LogP contribution >= 0.6 is 11.6 Å². The molecule has 0 aromatic heterocycles. The minimum Gasteiger partial charge on any atom is -0.123 e. The van der Waals surface area contributed by atoms with Crippen LogP contribution in [0.2, 0.25) is 0 Å². The van der Waals surface area contributed by atoms with Gasteiger partial charge in [0.2, 0.25) is 0 Å². The van der Waals surface area contributed by atoms with E-state index in [0.717, 1.165) is 0 Å². The minimum atomic E-state index is 0.373. The molecule has 0 spiro atoms. The fourth-order valence-electron chi connectivity index (χ4n) is 2.62. The van der Waals surface area contributed by atoms with Crippen molar-refractivity contribution in [1.29, 1.82) is 0 Å². The quantitative estimate of drug-likeness (QED) is 0.216. The number of hydrogen-bond acceptors (Lipinski definition) is 0.